The number of amides is 3. The average Bonchev–Trinajstić information content (AvgIpc) is 4.05. The fourth-order valence-corrected chi connectivity index (χ4v) is 9.54. The molecule has 3 N–H and O–H groups in total. The number of nitrogens with zero attached hydrogens (tertiary/aromatic N) is 4. The lowest BCUT2D eigenvalue weighted by Crippen LogP contribution is -2.54. The maximum Gasteiger partial charge on any atom is 0.407 e. The maximum absolute atomic E-state index is 13.8. The summed E-state index contributed by atoms with van der Waals surface area (Å²) in [6, 6.07) is 3.30. The van der Waals surface area contributed by atoms with E-state index in [1.807, 2.05) is 24.2 Å². The van der Waals surface area contributed by atoms with Crippen molar-refractivity contribution >= 4 is 29.1 Å². The summed E-state index contributed by atoms with van der Waals surface area (Å²) in [6.07, 6.45) is 12.5. The lowest BCUT2D eigenvalue weighted by atomic mass is 9.66. The minimum Gasteiger partial charge on any atom is -0.453 e. The summed E-state index contributed by atoms with van der Waals surface area (Å²) in [5.41, 5.74) is 12.5. The van der Waals surface area contributed by atoms with Crippen LogP contribution in [0.5, 0.6) is 0 Å². The van der Waals surface area contributed by atoms with Gasteiger partial charge in [0.2, 0.25) is 11.8 Å². The Bertz CT molecular complexity index is 2110. The highest BCUT2D eigenvalue weighted by molar-refractivity contribution is 5.88. The van der Waals surface area contributed by atoms with E-state index in [2.05, 4.69) is 40.1 Å². The standard InChI is InChI=1S/C43H53N7O6/c1-23-13-15-50(35(51)16-24(2)54-4)39(23)41-45-22-33(47-41)31-19-28-11-9-26-17-30(18-27-10-12-29(20-31)37(28)36(26)27)32-21-44-40(46-32)34-8-7-14-49(34)42(52)38(25(3)55-5)48-43(53)56-6/h17-19,21-22,24-25,29,34,38-39H,1,7-16,20H2,2-6H3,(H,44,46)(H,45,47)(H,48,53). The van der Waals surface area contributed by atoms with Crippen LogP contribution in [0.15, 0.2) is 48.3 Å². The van der Waals surface area contributed by atoms with Crippen molar-refractivity contribution in [2.24, 2.45) is 5.92 Å². The topological polar surface area (TPSA) is 155 Å². The molecule has 0 spiro atoms. The second-order valence-corrected chi connectivity index (χ2v) is 16.0. The Kier molecular flexibility index (Phi) is 10.5. The summed E-state index contributed by atoms with van der Waals surface area (Å²) in [7, 11) is 4.43. The molecule has 3 aliphatic carbocycles. The van der Waals surface area contributed by atoms with Gasteiger partial charge in [-0.1, -0.05) is 12.7 Å². The van der Waals surface area contributed by atoms with Gasteiger partial charge in [0.05, 0.1) is 55.6 Å². The number of ether oxygens (including phenoxy) is 3. The third kappa shape index (κ3) is 6.89. The predicted molar refractivity (Wildman–Crippen MR) is 211 cm³/mol. The Hall–Kier alpha value is -5.01. The van der Waals surface area contributed by atoms with Crippen LogP contribution in [0.1, 0.15) is 105 Å². The average molecular weight is 764 g/mol. The van der Waals surface area contributed by atoms with Crippen LogP contribution < -0.4 is 5.32 Å². The molecule has 13 nitrogen and oxygen atoms in total. The van der Waals surface area contributed by atoms with Gasteiger partial charge >= 0.3 is 6.09 Å². The number of H-pyrrole nitrogens is 2. The molecule has 56 heavy (non-hydrogen) atoms. The fraction of sp³-hybridized carbons (Fsp3) is 0.512. The number of nitrogens with one attached hydrogen (secondary N) is 3. The van der Waals surface area contributed by atoms with E-state index in [9.17, 15) is 14.4 Å². The minimum atomic E-state index is -0.877. The quantitative estimate of drug-likeness (QED) is 0.195. The highest BCUT2D eigenvalue weighted by atomic mass is 16.5. The molecular weight excluding hydrogens is 711 g/mol. The van der Waals surface area contributed by atoms with Gasteiger partial charge in [0.25, 0.3) is 0 Å². The number of rotatable bonds is 11. The maximum atomic E-state index is 13.8. The van der Waals surface area contributed by atoms with E-state index < -0.39 is 18.2 Å². The molecule has 2 saturated heterocycles. The second-order valence-electron chi connectivity index (χ2n) is 16.0. The molecule has 6 unspecified atom stereocenters. The Balaban J connectivity index is 1.02. The molecule has 0 radical (unpaired) electrons. The normalized spacial score (nSPS) is 23.1. The zero-order chi connectivity index (χ0) is 39.2. The molecular formula is C43H53N7O6. The lowest BCUT2D eigenvalue weighted by molar-refractivity contribution is -0.137. The van der Waals surface area contributed by atoms with Gasteiger partial charge in [-0.05, 0) is 122 Å². The SMILES string of the molecule is C=C1CCN(C(=O)CC(C)OC)C1c1ncc(C2=CC3=C4c5c(cc(-c6cnc(C7CCCN7C(=O)C(NC(=O)OC)C(C)OC)[nH]6)cc5CCC4C2)CC3)[nH]1. The first-order valence-electron chi connectivity index (χ1n) is 20.0. The number of aromatic amines is 2. The van der Waals surface area contributed by atoms with E-state index in [-0.39, 0.29) is 30.0 Å². The molecule has 296 valence electrons. The summed E-state index contributed by atoms with van der Waals surface area (Å²) in [5, 5.41) is 2.66. The first-order valence-corrected chi connectivity index (χ1v) is 20.0. The molecule has 3 amide bonds. The molecule has 0 bridgehead atoms. The number of methoxy groups -OCH3 is 3. The third-order valence-corrected chi connectivity index (χ3v) is 12.6. The molecule has 2 aliphatic heterocycles. The van der Waals surface area contributed by atoms with Gasteiger partial charge in [-0.3, -0.25) is 9.59 Å². The van der Waals surface area contributed by atoms with Crippen molar-refractivity contribution < 1.29 is 28.6 Å². The summed E-state index contributed by atoms with van der Waals surface area (Å²) in [4.78, 5) is 59.5. The number of aryl methyl sites for hydroxylation is 2. The summed E-state index contributed by atoms with van der Waals surface area (Å²) in [5.74, 6) is 1.81. The van der Waals surface area contributed by atoms with E-state index in [0.717, 1.165) is 85.5 Å². The molecule has 2 fully saturated rings. The predicted octanol–water partition coefficient (Wildman–Crippen LogP) is 6.23. The first-order chi connectivity index (χ1) is 27.1. The zero-order valence-corrected chi connectivity index (χ0v) is 33.1. The Morgan fingerprint density at radius 1 is 0.929 bits per heavy atom. The largest absolute Gasteiger partial charge is 0.453 e. The molecule has 2 aromatic heterocycles. The van der Waals surface area contributed by atoms with Gasteiger partial charge in [0.15, 0.2) is 0 Å². The van der Waals surface area contributed by atoms with Crippen LogP contribution in [0.2, 0.25) is 0 Å². The number of imidazole rings is 2. The van der Waals surface area contributed by atoms with Crippen LogP contribution in [-0.4, -0.2) is 100 Å². The second kappa shape index (κ2) is 15.5. The van der Waals surface area contributed by atoms with E-state index in [1.165, 1.54) is 47.6 Å². The van der Waals surface area contributed by atoms with Gasteiger partial charge in [0.1, 0.15) is 23.7 Å². The van der Waals surface area contributed by atoms with Crippen molar-refractivity contribution in [1.29, 1.82) is 0 Å². The zero-order valence-electron chi connectivity index (χ0n) is 33.1. The molecule has 4 heterocycles. The first kappa shape index (κ1) is 37.9. The number of carbonyl (C=O) groups excluding carboxylic acids is 3. The van der Waals surface area contributed by atoms with Gasteiger partial charge in [-0.2, -0.15) is 0 Å². The Morgan fingerprint density at radius 3 is 2.45 bits per heavy atom. The number of carbonyl (C=O) groups is 3. The number of hydrogen-bond donors (Lipinski definition) is 3. The van der Waals surface area contributed by atoms with Gasteiger partial charge < -0.3 is 39.3 Å². The van der Waals surface area contributed by atoms with Crippen molar-refractivity contribution in [2.75, 3.05) is 34.4 Å². The van der Waals surface area contributed by atoms with Crippen LogP contribution >= 0.6 is 0 Å². The van der Waals surface area contributed by atoms with E-state index in [1.54, 1.807) is 18.9 Å². The summed E-state index contributed by atoms with van der Waals surface area (Å²) in [6.45, 7) is 9.19. The molecule has 6 atom stereocenters. The summed E-state index contributed by atoms with van der Waals surface area (Å²) < 4.78 is 15.6. The van der Waals surface area contributed by atoms with Gasteiger partial charge in [-0.25, -0.2) is 14.8 Å². The van der Waals surface area contributed by atoms with Crippen LogP contribution in [0.3, 0.4) is 0 Å². The minimum absolute atomic E-state index is 0.0625. The highest BCUT2D eigenvalue weighted by Gasteiger charge is 2.40. The van der Waals surface area contributed by atoms with E-state index >= 15 is 0 Å². The molecule has 8 rings (SSSR count). The highest BCUT2D eigenvalue weighted by Crippen LogP contribution is 2.51. The van der Waals surface area contributed by atoms with E-state index in [4.69, 9.17) is 24.2 Å². The van der Waals surface area contributed by atoms with Crippen molar-refractivity contribution in [3.63, 3.8) is 0 Å². The van der Waals surface area contributed by atoms with Crippen LogP contribution in [0.25, 0.3) is 22.4 Å². The number of aromatic nitrogens is 4. The van der Waals surface area contributed by atoms with Crippen molar-refractivity contribution in [1.82, 2.24) is 35.1 Å². The molecule has 0 saturated carbocycles. The monoisotopic (exact) mass is 763 g/mol. The van der Waals surface area contributed by atoms with Crippen LogP contribution in [0, 0.1) is 5.92 Å². The molecule has 13 heteroatoms. The Labute approximate surface area is 328 Å². The molecule has 3 aromatic rings. The van der Waals surface area contributed by atoms with Crippen molar-refractivity contribution in [3.8, 4) is 11.3 Å². The molecule has 5 aliphatic rings. The van der Waals surface area contributed by atoms with Crippen LogP contribution in [0.4, 0.5) is 4.79 Å². The number of alkyl carbamates (subject to hydrolysis) is 1. The molecule has 1 aromatic carbocycles. The van der Waals surface area contributed by atoms with Crippen molar-refractivity contribution in [2.45, 2.75) is 102 Å². The van der Waals surface area contributed by atoms with Crippen LogP contribution in [-0.2, 0) is 36.6 Å². The Morgan fingerprint density at radius 2 is 1.68 bits per heavy atom. The fourth-order valence-electron chi connectivity index (χ4n) is 9.54. The van der Waals surface area contributed by atoms with Crippen molar-refractivity contribution in [3.05, 3.63) is 82.4 Å². The van der Waals surface area contributed by atoms with Gasteiger partial charge in [0, 0.05) is 32.9 Å². The number of likely N-dealkylation sites (tertiary alicyclic amines) is 2. The summed E-state index contributed by atoms with van der Waals surface area (Å²) >= 11 is 0. The van der Waals surface area contributed by atoms with E-state index in [0.29, 0.717) is 25.4 Å². The number of benzene rings is 1. The van der Waals surface area contributed by atoms with Gasteiger partial charge in [-0.15, -0.1) is 0 Å². The number of allylic oxidation sites excluding steroid dienone is 4. The lowest BCUT2D eigenvalue weighted by Gasteiger charge is -2.38. The third-order valence-electron chi connectivity index (χ3n) is 12.6. The smallest absolute Gasteiger partial charge is 0.407 e. The number of hydrogen-bond acceptors (Lipinski definition) is 8.